The number of para-hydroxylation sites is 1. The Morgan fingerprint density at radius 3 is 0.817 bits per heavy atom. The van der Waals surface area contributed by atoms with Gasteiger partial charge in [-0.25, -0.2) is 0 Å². The summed E-state index contributed by atoms with van der Waals surface area (Å²) in [6, 6.07) is 72.4. The molecule has 19 N–H and O–H groups in total. The van der Waals surface area contributed by atoms with Crippen molar-refractivity contribution in [1.29, 1.82) is 0 Å². The third-order valence-electron chi connectivity index (χ3n) is 23.8. The molecule has 126 heavy (non-hydrogen) atoms. The van der Waals surface area contributed by atoms with Gasteiger partial charge in [0.2, 0.25) is 0 Å². The molecule has 15 rings (SSSR count). The number of aliphatic hydroxyl groups excluding tert-OH is 2. The molecule has 1 fully saturated rings. The molecule has 0 aromatic heterocycles. The van der Waals surface area contributed by atoms with E-state index in [1.807, 2.05) is 166 Å². The van der Waals surface area contributed by atoms with E-state index in [0.717, 1.165) is 129 Å². The van der Waals surface area contributed by atoms with Crippen LogP contribution >= 0.6 is 0 Å². The van der Waals surface area contributed by atoms with Gasteiger partial charge in [0.25, 0.3) is 0 Å². The SMILES string of the molecule is Cc1c(O)ccc(C(c2ccc(O)cc2)c2ccc(O)c(C)c2O)c1O.Cc1cc(C(c2cc(C)c(O)c(C)c2)c2ccccc2O)cc(C)c1O.Cc1cc(C(c2ccc(O)c(C)c2)C2CCC(O)C(O)C2)ccc1O.Cc1cc(C(c2ccc(O)cc2)c2cc(C)c(O)c(C)c2)cc(C)c1O.Oc1ccc(C(c2ccc(O)cc2)c2ccc(O)c(O)c2)cc1. The average Bonchev–Trinajstić information content (AvgIpc) is 0.777. The molecule has 14 aromatic carbocycles. The lowest BCUT2D eigenvalue weighted by atomic mass is 9.72. The van der Waals surface area contributed by atoms with E-state index in [2.05, 4.69) is 0 Å². The molecule has 0 saturated heterocycles. The molecule has 0 amide bonds. The maximum atomic E-state index is 10.6. The van der Waals surface area contributed by atoms with E-state index in [0.29, 0.717) is 58.1 Å². The monoisotopic (exact) mass is 1700 g/mol. The summed E-state index contributed by atoms with van der Waals surface area (Å²) < 4.78 is 0. The van der Waals surface area contributed by atoms with Crippen LogP contribution in [0.15, 0.2) is 249 Å². The van der Waals surface area contributed by atoms with E-state index in [1.165, 1.54) is 36.4 Å². The number of aliphatic hydroxyl groups is 2. The van der Waals surface area contributed by atoms with Gasteiger partial charge in [-0.3, -0.25) is 0 Å². The molecular formula is C107H110O19. The molecule has 0 spiro atoms. The van der Waals surface area contributed by atoms with Gasteiger partial charge in [-0.2, -0.15) is 0 Å². The fourth-order valence-corrected chi connectivity index (χ4v) is 16.8. The Labute approximate surface area is 734 Å². The van der Waals surface area contributed by atoms with Crippen molar-refractivity contribution < 1.29 is 97.0 Å². The second kappa shape index (κ2) is 39.8. The standard InChI is InChI=1S/2C23H24O3.C21H20O5.C21H26O4.C19H16O4/c1-13-9-18(10-14(2)22(13)25)21(17-5-7-20(24)8-6-17)19-11-15(3)23(26)16(4)12-19;1-13-9-17(10-14(2)22(13)25)21(19-7-5-6-8-20(19)24)18-11-15(3)23(26)16(4)12-18;1-11-17(23)9-7-15(20(11)25)19(13-3-5-14(22)6-4-13)16-8-10-18(24)12(2)21(16)26;1-12-9-14(3-6-17(12)22)21(15-4-7-18(23)13(2)10-15)16-5-8-19(24)20(25)11-16;20-15-6-1-12(2-7-15)19(13-3-8-16(21)9-4-13)14-5-10-17(22)18(23)11-14/h2*5-12,21,24-26H,1-4H3;3-10,19,22-26H,1-2H3;3-4,6-7,9-10,16,19-25H,5,8,11H2,1-2H3;1-11,19-23H. The predicted octanol–water partition coefficient (Wildman–Crippen LogP) is 21.5. The van der Waals surface area contributed by atoms with Crippen LogP contribution in [-0.2, 0) is 0 Å². The predicted molar refractivity (Wildman–Crippen MR) is 490 cm³/mol. The Balaban J connectivity index is 0.000000153. The smallest absolute Gasteiger partial charge is 0.157 e. The zero-order valence-corrected chi connectivity index (χ0v) is 72.4. The topological polar surface area (TPSA) is 384 Å². The first-order chi connectivity index (χ1) is 59.8. The van der Waals surface area contributed by atoms with Crippen molar-refractivity contribution in [3.8, 4) is 97.7 Å². The van der Waals surface area contributed by atoms with Crippen LogP contribution in [0.5, 0.6) is 97.7 Å². The van der Waals surface area contributed by atoms with Crippen molar-refractivity contribution in [2.24, 2.45) is 5.92 Å². The van der Waals surface area contributed by atoms with Gasteiger partial charge in [0.05, 0.1) is 12.2 Å². The third-order valence-corrected chi connectivity index (χ3v) is 23.8. The normalized spacial score (nSPS) is 13.6. The Bertz CT molecular complexity index is 5840. The lowest BCUT2D eigenvalue weighted by Crippen LogP contribution is -2.35. The maximum Gasteiger partial charge on any atom is 0.157 e. The van der Waals surface area contributed by atoms with Gasteiger partial charge in [0, 0.05) is 57.4 Å². The highest BCUT2D eigenvalue weighted by atomic mass is 16.3. The number of benzene rings is 14. The van der Waals surface area contributed by atoms with Crippen molar-refractivity contribution in [2.75, 3.05) is 0 Å². The van der Waals surface area contributed by atoms with Gasteiger partial charge < -0.3 is 97.0 Å². The zero-order valence-electron chi connectivity index (χ0n) is 72.4. The van der Waals surface area contributed by atoms with Gasteiger partial charge in [-0.05, 0) is 316 Å². The summed E-state index contributed by atoms with van der Waals surface area (Å²) in [5, 5.41) is 189. The second-order valence-corrected chi connectivity index (χ2v) is 33.0. The van der Waals surface area contributed by atoms with Crippen molar-refractivity contribution in [3.63, 3.8) is 0 Å². The Hall–Kier alpha value is -14.4. The summed E-state index contributed by atoms with van der Waals surface area (Å²) in [6.07, 6.45) is 0.572. The Morgan fingerprint density at radius 2 is 0.492 bits per heavy atom. The fourth-order valence-electron chi connectivity index (χ4n) is 16.8. The molecule has 14 aromatic rings. The number of rotatable bonds is 15. The van der Waals surface area contributed by atoms with Crippen LogP contribution in [0.1, 0.15) is 194 Å². The summed E-state index contributed by atoms with van der Waals surface area (Å²) in [5.74, 6) is 1.28. The molecule has 0 heterocycles. The van der Waals surface area contributed by atoms with E-state index in [1.54, 1.807) is 129 Å². The van der Waals surface area contributed by atoms with E-state index in [-0.39, 0.29) is 104 Å². The quantitative estimate of drug-likeness (QED) is 0.0335. The van der Waals surface area contributed by atoms with E-state index in [4.69, 9.17) is 0 Å². The summed E-state index contributed by atoms with van der Waals surface area (Å²) in [6.45, 7) is 22.0. The molecule has 19 heteroatoms. The maximum absolute atomic E-state index is 10.6. The van der Waals surface area contributed by atoms with Crippen LogP contribution < -0.4 is 0 Å². The minimum Gasteiger partial charge on any atom is -0.508 e. The lowest BCUT2D eigenvalue weighted by molar-refractivity contribution is -0.0276. The molecule has 1 saturated carbocycles. The number of phenols is 17. The summed E-state index contributed by atoms with van der Waals surface area (Å²) in [4.78, 5) is 0. The fraction of sp³-hybridized carbons (Fsp3) is 0.215. The number of hydrogen-bond acceptors (Lipinski definition) is 19. The Kier molecular flexibility index (Phi) is 29.2. The molecule has 0 radical (unpaired) electrons. The van der Waals surface area contributed by atoms with Crippen LogP contribution in [0, 0.1) is 89.0 Å². The number of aryl methyl sites for hydroxylation is 10. The zero-order chi connectivity index (χ0) is 91.6. The van der Waals surface area contributed by atoms with Crippen LogP contribution in [0.2, 0.25) is 0 Å². The first-order valence-electron chi connectivity index (χ1n) is 41.4. The molecule has 3 atom stereocenters. The third kappa shape index (κ3) is 21.3. The highest BCUT2D eigenvalue weighted by Crippen LogP contribution is 2.49. The molecule has 0 aliphatic heterocycles. The van der Waals surface area contributed by atoms with E-state index in [9.17, 15) is 97.0 Å². The minimum absolute atomic E-state index is 0.0261. The first kappa shape index (κ1) is 92.3. The van der Waals surface area contributed by atoms with Crippen molar-refractivity contribution in [1.82, 2.24) is 0 Å². The number of hydrogen-bond donors (Lipinski definition) is 19. The van der Waals surface area contributed by atoms with Gasteiger partial charge in [-0.15, -0.1) is 0 Å². The molecule has 1 aliphatic carbocycles. The highest BCUT2D eigenvalue weighted by Gasteiger charge is 2.35. The number of phenolic OH excluding ortho intramolecular Hbond substituents is 17. The van der Waals surface area contributed by atoms with Gasteiger partial charge >= 0.3 is 0 Å². The number of aromatic hydroxyl groups is 17. The minimum atomic E-state index is -0.710. The lowest BCUT2D eigenvalue weighted by Gasteiger charge is -2.36. The summed E-state index contributed by atoms with van der Waals surface area (Å²) in [7, 11) is 0. The van der Waals surface area contributed by atoms with Crippen LogP contribution in [0.4, 0.5) is 0 Å². The molecule has 1 aliphatic rings. The second-order valence-electron chi connectivity index (χ2n) is 33.0. The van der Waals surface area contributed by atoms with Crippen molar-refractivity contribution >= 4 is 0 Å². The highest BCUT2D eigenvalue weighted by molar-refractivity contribution is 5.62. The van der Waals surface area contributed by atoms with Crippen molar-refractivity contribution in [3.05, 3.63) is 393 Å². The van der Waals surface area contributed by atoms with Crippen LogP contribution in [0.3, 0.4) is 0 Å². The van der Waals surface area contributed by atoms with E-state index < -0.39 is 18.1 Å². The molecule has 652 valence electrons. The molecule has 0 bridgehead atoms. The summed E-state index contributed by atoms with van der Waals surface area (Å²) in [5.41, 5.74) is 21.2. The van der Waals surface area contributed by atoms with Crippen LogP contribution in [-0.4, -0.2) is 109 Å². The van der Waals surface area contributed by atoms with Gasteiger partial charge in [0.15, 0.2) is 11.5 Å². The van der Waals surface area contributed by atoms with Gasteiger partial charge in [-0.1, -0.05) is 158 Å². The largest absolute Gasteiger partial charge is 0.508 e. The average molecular weight is 1700 g/mol. The van der Waals surface area contributed by atoms with E-state index >= 15 is 0 Å². The Morgan fingerprint density at radius 1 is 0.206 bits per heavy atom. The molecular weight excluding hydrogens is 1590 g/mol. The van der Waals surface area contributed by atoms with Gasteiger partial charge in [0.1, 0.15) is 86.2 Å². The summed E-state index contributed by atoms with van der Waals surface area (Å²) >= 11 is 0. The van der Waals surface area contributed by atoms with Crippen molar-refractivity contribution in [2.45, 2.75) is 144 Å². The first-order valence-corrected chi connectivity index (χ1v) is 41.4. The van der Waals surface area contributed by atoms with Crippen LogP contribution in [0.25, 0.3) is 0 Å². The molecule has 19 nitrogen and oxygen atoms in total. The molecule has 3 unspecified atom stereocenters.